The first-order valence-electron chi connectivity index (χ1n) is 40.3. The van der Waals surface area contributed by atoms with Gasteiger partial charge >= 0.3 is 0 Å². The molecular weight excluding hydrogens is 1280 g/mol. The number of unbranched alkanes of at least 4 members (excludes halogenated alkanes) is 36. The predicted molar refractivity (Wildman–Crippen MR) is 434 cm³/mol. The number of hydrogen-bond acceptors (Lipinski definition) is 10. The molecule has 4 aromatic heterocycles. The Morgan fingerprint density at radius 3 is 1.06 bits per heavy atom. The van der Waals surface area contributed by atoms with Gasteiger partial charge in [-0.2, -0.15) is 17.5 Å². The van der Waals surface area contributed by atoms with Crippen LogP contribution < -0.4 is 0 Å². The molecule has 0 saturated heterocycles. The molecule has 526 valence electrons. The monoisotopic (exact) mass is 1410 g/mol. The minimum Gasteiger partial charge on any atom is -0.173 e. The van der Waals surface area contributed by atoms with E-state index >= 15 is 0 Å². The molecule has 0 atom stereocenters. The number of fused-ring (bicyclic) bond motifs is 13. The zero-order valence-corrected chi connectivity index (χ0v) is 66.5. The number of aromatic nitrogens is 4. The Morgan fingerprint density at radius 2 is 0.656 bits per heavy atom. The van der Waals surface area contributed by atoms with Gasteiger partial charge < -0.3 is 0 Å². The van der Waals surface area contributed by atoms with Crippen LogP contribution in [0.5, 0.6) is 0 Å². The van der Waals surface area contributed by atoms with Crippen molar-refractivity contribution in [2.24, 2.45) is 0 Å². The van der Waals surface area contributed by atoms with Crippen LogP contribution in [0.4, 0.5) is 0 Å². The summed E-state index contributed by atoms with van der Waals surface area (Å²) in [5.74, 6) is 2.30. The Kier molecular flexibility index (Phi) is 31.2. The first-order valence-corrected chi connectivity index (χ1v) is 45.4. The second-order valence-corrected chi connectivity index (χ2v) is 35.9. The Bertz CT molecular complexity index is 3460. The number of nitrogens with zero attached hydrogens (tertiary/aromatic N) is 4. The summed E-state index contributed by atoms with van der Waals surface area (Å²) in [5.41, 5.74) is 23.5. The molecule has 7 aromatic rings. The predicted octanol–water partition coefficient (Wildman–Crippen LogP) is 30.9. The van der Waals surface area contributed by atoms with Crippen molar-refractivity contribution in [3.8, 4) is 42.4 Å². The number of rotatable bonds is 51. The van der Waals surface area contributed by atoms with Crippen molar-refractivity contribution in [3.63, 3.8) is 0 Å². The van der Waals surface area contributed by atoms with E-state index in [-0.39, 0.29) is 10.8 Å². The molecule has 96 heavy (non-hydrogen) atoms. The molecule has 10 heteroatoms. The average Bonchev–Trinajstić information content (AvgIpc) is 1.52. The van der Waals surface area contributed by atoms with E-state index in [4.69, 9.17) is 17.5 Å². The first kappa shape index (κ1) is 75.8. The molecule has 3 aliphatic rings. The van der Waals surface area contributed by atoms with Crippen LogP contribution in [0.2, 0.25) is 0 Å². The molecule has 10 rings (SSSR count). The Labute approximate surface area is 609 Å². The highest BCUT2D eigenvalue weighted by Crippen LogP contribution is 2.65. The molecular formula is C86H126N4S6. The maximum Gasteiger partial charge on any atom is 0.114 e. The van der Waals surface area contributed by atoms with Gasteiger partial charge in [0, 0.05) is 58.2 Å². The summed E-state index contributed by atoms with van der Waals surface area (Å²) < 4.78 is 23.1. The van der Waals surface area contributed by atoms with Gasteiger partial charge in [-0.1, -0.05) is 304 Å². The van der Waals surface area contributed by atoms with Crippen LogP contribution in [0, 0.1) is 13.8 Å². The van der Waals surface area contributed by atoms with E-state index in [1.807, 2.05) is 22.7 Å². The second kappa shape index (κ2) is 39.5. The minimum absolute atomic E-state index is 0.0914. The molecule has 0 N–H and O–H groups in total. The summed E-state index contributed by atoms with van der Waals surface area (Å²) >= 11 is 11.2. The minimum atomic E-state index is -0.154. The first-order chi connectivity index (χ1) is 47.3. The third-order valence-electron chi connectivity index (χ3n) is 22.5. The van der Waals surface area contributed by atoms with Gasteiger partial charge in [0.1, 0.15) is 22.1 Å². The molecule has 0 fully saturated rings. The average molecular weight is 1410 g/mol. The quantitative estimate of drug-likeness (QED) is 0.0354. The van der Waals surface area contributed by atoms with E-state index in [0.29, 0.717) is 0 Å². The summed E-state index contributed by atoms with van der Waals surface area (Å²) in [4.78, 5) is 5.73. The number of thiophene rings is 2. The standard InChI is InChI=1S/C86H126N4S6/c1-9-15-19-23-27-31-35-39-43-47-51-85(52-48-44-40-36-32-28-24-20-16-10-2)70-60-66-71(59-65(70)76-72(85)57-63(7)78-80(76)89-95-87-78)86(53-49-45-41-37-33-29-25-21-17-11-3,54-50-46-42-38-34-30-26-22-18-12-4)73-61-67(79-81(77(66)73)90-96-88-79)74-62-69-75(84(91-55-13-5)92-56-14-6)68-58-64(8)93-82(68)83(69)94-74/h57-62H,9-56H2,1-8H3. The maximum absolute atomic E-state index is 5.60. The maximum atomic E-state index is 5.60. The van der Waals surface area contributed by atoms with Gasteiger partial charge in [-0.25, -0.2) is 0 Å². The lowest BCUT2D eigenvalue weighted by atomic mass is 9.68. The lowest BCUT2D eigenvalue weighted by Crippen LogP contribution is -2.27. The van der Waals surface area contributed by atoms with Gasteiger partial charge in [0.15, 0.2) is 0 Å². The third kappa shape index (κ3) is 18.3. The van der Waals surface area contributed by atoms with Crippen molar-refractivity contribution in [2.75, 3.05) is 11.5 Å². The van der Waals surface area contributed by atoms with Crippen LogP contribution in [-0.4, -0.2) is 29.0 Å². The molecule has 0 spiro atoms. The highest BCUT2D eigenvalue weighted by atomic mass is 32.2. The van der Waals surface area contributed by atoms with Crippen molar-refractivity contribution in [1.82, 2.24) is 17.5 Å². The molecule has 0 bridgehead atoms. The van der Waals surface area contributed by atoms with E-state index in [9.17, 15) is 0 Å². The van der Waals surface area contributed by atoms with Gasteiger partial charge in [0.25, 0.3) is 0 Å². The topological polar surface area (TPSA) is 51.6 Å². The summed E-state index contributed by atoms with van der Waals surface area (Å²) in [6.07, 6.45) is 61.4. The number of aryl methyl sites for hydroxylation is 2. The smallest absolute Gasteiger partial charge is 0.114 e. The molecule has 0 saturated carbocycles. The van der Waals surface area contributed by atoms with E-state index in [0.717, 1.165) is 33.6 Å². The van der Waals surface area contributed by atoms with E-state index in [1.54, 1.807) is 22.3 Å². The van der Waals surface area contributed by atoms with Crippen molar-refractivity contribution in [3.05, 3.63) is 84.5 Å². The highest BCUT2D eigenvalue weighted by molar-refractivity contribution is 8.22. The third-order valence-corrected chi connectivity index (χ3v) is 28.8. The van der Waals surface area contributed by atoms with Crippen molar-refractivity contribution < 1.29 is 0 Å². The van der Waals surface area contributed by atoms with E-state index in [2.05, 4.69) is 115 Å². The molecule has 4 heterocycles. The molecule has 0 unspecified atom stereocenters. The van der Waals surface area contributed by atoms with Crippen LogP contribution in [0.25, 0.3) is 70.1 Å². The fourth-order valence-electron chi connectivity index (χ4n) is 17.3. The van der Waals surface area contributed by atoms with Gasteiger partial charge in [0.05, 0.1) is 33.2 Å². The Hall–Kier alpha value is -2.86. The van der Waals surface area contributed by atoms with Gasteiger partial charge in [0.2, 0.25) is 0 Å². The summed E-state index contributed by atoms with van der Waals surface area (Å²) in [5, 5.41) is 0. The van der Waals surface area contributed by atoms with Crippen molar-refractivity contribution >= 4 is 97.3 Å². The summed E-state index contributed by atoms with van der Waals surface area (Å²) in [6.45, 7) is 18.7. The van der Waals surface area contributed by atoms with Crippen LogP contribution in [0.1, 0.15) is 381 Å². The number of hydrogen-bond donors (Lipinski definition) is 0. The molecule has 3 aromatic carbocycles. The lowest BCUT2D eigenvalue weighted by Gasteiger charge is -2.35. The Balaban J connectivity index is 1.11. The fourth-order valence-corrected chi connectivity index (χ4v) is 23.2. The normalized spacial score (nSPS) is 14.0. The van der Waals surface area contributed by atoms with Crippen LogP contribution >= 0.6 is 69.7 Å². The van der Waals surface area contributed by atoms with Crippen molar-refractivity contribution in [2.45, 2.75) is 362 Å². The molecule has 3 aliphatic carbocycles. The largest absolute Gasteiger partial charge is 0.173 e. The highest BCUT2D eigenvalue weighted by Gasteiger charge is 2.50. The van der Waals surface area contributed by atoms with Gasteiger partial charge in [-0.15, -0.1) is 46.2 Å². The molecule has 0 aliphatic heterocycles. The van der Waals surface area contributed by atoms with E-state index in [1.165, 1.54) is 393 Å². The fraction of sp³-hybridized carbons (Fsp3) is 0.674. The van der Waals surface area contributed by atoms with Crippen LogP contribution in [0.15, 0.2) is 40.6 Å². The van der Waals surface area contributed by atoms with E-state index < -0.39 is 0 Å². The number of thioether (sulfide) groups is 2. The zero-order chi connectivity index (χ0) is 67.0. The zero-order valence-electron chi connectivity index (χ0n) is 61.6. The molecule has 0 radical (unpaired) electrons. The number of benzene rings is 3. The summed E-state index contributed by atoms with van der Waals surface area (Å²) in [7, 11) is 0. The van der Waals surface area contributed by atoms with Crippen molar-refractivity contribution in [1.29, 1.82) is 0 Å². The lowest BCUT2D eigenvalue weighted by molar-refractivity contribution is 0.393. The molecule has 0 amide bonds. The van der Waals surface area contributed by atoms with Gasteiger partial charge in [-0.3, -0.25) is 0 Å². The Morgan fingerprint density at radius 1 is 0.323 bits per heavy atom. The second-order valence-electron chi connectivity index (χ2n) is 30.0. The molecule has 4 nitrogen and oxygen atoms in total. The van der Waals surface area contributed by atoms with Crippen LogP contribution in [0.3, 0.4) is 0 Å². The SMILES string of the molecule is CCCCCCCCCCCCC1(CCCCCCCCCCCC)c2cc3c(cc2-c2c1cc(C)c1nsnc21)C(CCCCCCCCCCCC)(CCCCCCCCCCCC)c1cc(-c2cc4c(s2)-c2sc(C)cc2C4=C(SCCC)SCCC)c2nsnc2c1-3. The van der Waals surface area contributed by atoms with Gasteiger partial charge in [-0.05, 0) is 133 Å². The van der Waals surface area contributed by atoms with Crippen LogP contribution in [-0.2, 0) is 10.8 Å². The summed E-state index contributed by atoms with van der Waals surface area (Å²) in [6, 6.07) is 16.3.